The summed E-state index contributed by atoms with van der Waals surface area (Å²) in [5, 5.41) is 3.16. The van der Waals surface area contributed by atoms with Crippen molar-refractivity contribution in [1.82, 2.24) is 9.97 Å². The fourth-order valence-corrected chi connectivity index (χ4v) is 3.12. The van der Waals surface area contributed by atoms with Gasteiger partial charge in [0.15, 0.2) is 5.82 Å². The Hall–Kier alpha value is -2.26. The number of anilines is 1. The average molecular weight is 384 g/mol. The van der Waals surface area contributed by atoms with Gasteiger partial charge < -0.3 is 9.88 Å². The van der Waals surface area contributed by atoms with Crippen molar-refractivity contribution in [2.24, 2.45) is 5.92 Å². The van der Waals surface area contributed by atoms with Crippen LogP contribution in [0.1, 0.15) is 39.2 Å². The number of nitrogens with zero attached hydrogens (tertiary/aromatic N) is 2. The van der Waals surface area contributed by atoms with Crippen LogP contribution in [-0.2, 0) is 0 Å². The summed E-state index contributed by atoms with van der Waals surface area (Å²) in [7, 11) is 0. The van der Waals surface area contributed by atoms with Crippen molar-refractivity contribution >= 4 is 47.6 Å². The van der Waals surface area contributed by atoms with Gasteiger partial charge >= 0.3 is 0 Å². The summed E-state index contributed by atoms with van der Waals surface area (Å²) >= 11 is 6.25. The van der Waals surface area contributed by atoms with Crippen LogP contribution in [0.15, 0.2) is 31.0 Å². The number of nitrogens with one attached hydrogen (secondary N) is 1. The molecule has 144 valence electrons. The van der Waals surface area contributed by atoms with Crippen molar-refractivity contribution in [1.29, 1.82) is 0 Å². The Balaban J connectivity index is 2.85. The van der Waals surface area contributed by atoms with Crippen LogP contribution in [0.5, 0.6) is 0 Å². The molecule has 0 fully saturated rings. The Labute approximate surface area is 167 Å². The van der Waals surface area contributed by atoms with Crippen LogP contribution in [0.3, 0.4) is 0 Å². The van der Waals surface area contributed by atoms with Gasteiger partial charge in [-0.1, -0.05) is 58.2 Å². The first-order valence-electron chi connectivity index (χ1n) is 9.48. The minimum Gasteiger partial charge on any atom is -0.359 e. The van der Waals surface area contributed by atoms with Gasteiger partial charge in [0, 0.05) is 29.7 Å². The van der Waals surface area contributed by atoms with Gasteiger partial charge in [-0.3, -0.25) is 0 Å². The van der Waals surface area contributed by atoms with E-state index in [9.17, 15) is 0 Å². The Morgan fingerprint density at radius 1 is 1.26 bits per heavy atom. The number of hydrogen-bond acceptors (Lipinski definition) is 2. The highest BCUT2D eigenvalue weighted by Gasteiger charge is 2.10. The molecule has 0 aliphatic heterocycles. The van der Waals surface area contributed by atoms with Crippen molar-refractivity contribution in [3.63, 3.8) is 0 Å². The molecule has 27 heavy (non-hydrogen) atoms. The van der Waals surface area contributed by atoms with Crippen molar-refractivity contribution in [3.05, 3.63) is 52.1 Å². The SMILES string of the molecule is C=Cc1c[nH]c(=C)c(N(CCC)CCC(C)C)nc2ccc(Cl)cc2c1=C. The predicted octanol–water partition coefficient (Wildman–Crippen LogP) is 5.07. The molecule has 0 aliphatic carbocycles. The summed E-state index contributed by atoms with van der Waals surface area (Å²) in [5.41, 5.74) is 1.72. The first-order valence-corrected chi connectivity index (χ1v) is 9.86. The number of hydrogen-bond donors (Lipinski definition) is 1. The van der Waals surface area contributed by atoms with Gasteiger partial charge in [0.2, 0.25) is 0 Å². The zero-order chi connectivity index (χ0) is 20.0. The molecule has 0 radical (unpaired) electrons. The van der Waals surface area contributed by atoms with E-state index in [2.05, 4.69) is 50.4 Å². The first-order chi connectivity index (χ1) is 12.9. The van der Waals surface area contributed by atoms with Crippen LogP contribution in [-0.4, -0.2) is 23.1 Å². The van der Waals surface area contributed by atoms with Gasteiger partial charge in [-0.25, -0.2) is 4.98 Å². The van der Waals surface area contributed by atoms with Crippen LogP contribution in [0.25, 0.3) is 30.1 Å². The Bertz CT molecular complexity index is 958. The second-order valence-electron chi connectivity index (χ2n) is 7.17. The van der Waals surface area contributed by atoms with Gasteiger partial charge in [0.05, 0.1) is 10.9 Å². The molecular weight excluding hydrogens is 354 g/mol. The Morgan fingerprint density at radius 2 is 2.00 bits per heavy atom. The number of H-pyrrole nitrogens is 1. The summed E-state index contributed by atoms with van der Waals surface area (Å²) < 4.78 is 0. The number of aromatic amines is 1. The minimum atomic E-state index is 0.626. The highest BCUT2D eigenvalue weighted by atomic mass is 35.5. The van der Waals surface area contributed by atoms with E-state index in [0.717, 1.165) is 58.8 Å². The van der Waals surface area contributed by atoms with E-state index in [1.54, 1.807) is 6.08 Å². The molecule has 0 saturated carbocycles. The molecule has 3 nitrogen and oxygen atoms in total. The maximum atomic E-state index is 6.25. The lowest BCUT2D eigenvalue weighted by Gasteiger charge is -2.24. The van der Waals surface area contributed by atoms with E-state index in [0.29, 0.717) is 10.9 Å². The maximum absolute atomic E-state index is 6.25. The first kappa shape index (κ1) is 21.0. The van der Waals surface area contributed by atoms with Crippen molar-refractivity contribution in [2.75, 3.05) is 18.0 Å². The molecule has 1 N–H and O–H groups in total. The number of fused-ring (bicyclic) bond motifs is 1. The molecule has 0 aliphatic rings. The number of rotatable bonds is 7. The van der Waals surface area contributed by atoms with E-state index in [-0.39, 0.29) is 0 Å². The molecule has 1 aromatic heterocycles. The lowest BCUT2D eigenvalue weighted by Crippen LogP contribution is -2.31. The van der Waals surface area contributed by atoms with Crippen LogP contribution in [0, 0.1) is 5.92 Å². The zero-order valence-corrected chi connectivity index (χ0v) is 17.4. The van der Waals surface area contributed by atoms with E-state index in [1.165, 1.54) is 0 Å². The van der Waals surface area contributed by atoms with Crippen LogP contribution in [0.2, 0.25) is 5.02 Å². The van der Waals surface area contributed by atoms with Crippen molar-refractivity contribution < 1.29 is 0 Å². The fraction of sp³-hybridized carbons (Fsp3) is 0.348. The Morgan fingerprint density at radius 3 is 2.63 bits per heavy atom. The summed E-state index contributed by atoms with van der Waals surface area (Å²) in [6.07, 6.45) is 5.80. The number of aromatic nitrogens is 2. The molecule has 2 rings (SSSR count). The van der Waals surface area contributed by atoms with Crippen LogP contribution >= 0.6 is 11.6 Å². The smallest absolute Gasteiger partial charge is 0.152 e. The number of benzene rings is 1. The fourth-order valence-electron chi connectivity index (χ4n) is 2.95. The minimum absolute atomic E-state index is 0.626. The summed E-state index contributed by atoms with van der Waals surface area (Å²) in [4.78, 5) is 10.6. The highest BCUT2D eigenvalue weighted by molar-refractivity contribution is 6.31. The second kappa shape index (κ2) is 9.61. The van der Waals surface area contributed by atoms with E-state index in [1.807, 2.05) is 24.4 Å². The monoisotopic (exact) mass is 383 g/mol. The normalized spacial score (nSPS) is 10.9. The lowest BCUT2D eigenvalue weighted by atomic mass is 10.1. The average Bonchev–Trinajstić information content (AvgIpc) is 2.68. The van der Waals surface area contributed by atoms with Crippen molar-refractivity contribution in [2.45, 2.75) is 33.6 Å². The van der Waals surface area contributed by atoms with Gasteiger partial charge in [-0.15, -0.1) is 0 Å². The summed E-state index contributed by atoms with van der Waals surface area (Å²) in [6.45, 7) is 20.9. The largest absolute Gasteiger partial charge is 0.359 e. The molecular formula is C23H30ClN3. The zero-order valence-electron chi connectivity index (χ0n) is 16.7. The Kier molecular flexibility index (Phi) is 7.49. The third kappa shape index (κ3) is 5.36. The third-order valence-electron chi connectivity index (χ3n) is 4.52. The second-order valence-corrected chi connectivity index (χ2v) is 7.61. The van der Waals surface area contributed by atoms with Gasteiger partial charge in [-0.2, -0.15) is 0 Å². The van der Waals surface area contributed by atoms with Crippen LogP contribution in [0.4, 0.5) is 5.82 Å². The molecule has 2 aromatic rings. The van der Waals surface area contributed by atoms with Crippen LogP contribution < -0.4 is 15.5 Å². The molecule has 0 amide bonds. The van der Waals surface area contributed by atoms with Gasteiger partial charge in [-0.05, 0) is 47.7 Å². The van der Waals surface area contributed by atoms with Gasteiger partial charge in [0.25, 0.3) is 0 Å². The maximum Gasteiger partial charge on any atom is 0.152 e. The van der Waals surface area contributed by atoms with Gasteiger partial charge in [0.1, 0.15) is 0 Å². The standard InChI is InChI=1S/C23H30ClN3/c1-7-12-27(13-11-16(3)4)23-18(6)25-15-19(8-2)17(5)21-14-20(24)9-10-22(21)26-23/h8-10,14-16,25H,2,5-7,11-13H2,1,3-4H3. The highest BCUT2D eigenvalue weighted by Crippen LogP contribution is 2.16. The molecule has 0 spiro atoms. The van der Waals surface area contributed by atoms with E-state index in [4.69, 9.17) is 16.6 Å². The molecule has 0 saturated heterocycles. The summed E-state index contributed by atoms with van der Waals surface area (Å²) in [5.74, 6) is 1.48. The molecule has 0 atom stereocenters. The quantitative estimate of drug-likeness (QED) is 0.724. The molecule has 4 heteroatoms. The number of halogens is 1. The molecule has 0 unspecified atom stereocenters. The van der Waals surface area contributed by atoms with E-state index < -0.39 is 0 Å². The molecule has 1 aromatic carbocycles. The summed E-state index contributed by atoms with van der Waals surface area (Å²) in [6, 6.07) is 5.71. The molecule has 1 heterocycles. The predicted molar refractivity (Wildman–Crippen MR) is 121 cm³/mol. The van der Waals surface area contributed by atoms with E-state index >= 15 is 0 Å². The molecule has 0 bridgehead atoms. The lowest BCUT2D eigenvalue weighted by molar-refractivity contribution is 0.568. The van der Waals surface area contributed by atoms with Crippen molar-refractivity contribution in [3.8, 4) is 0 Å². The third-order valence-corrected chi connectivity index (χ3v) is 4.75. The topological polar surface area (TPSA) is 31.9 Å².